The molecule has 1 amide bonds. The Morgan fingerprint density at radius 1 is 1.09 bits per heavy atom. The van der Waals surface area contributed by atoms with Gasteiger partial charge in [-0.1, -0.05) is 23.7 Å². The van der Waals surface area contributed by atoms with Gasteiger partial charge in [0.05, 0.1) is 22.7 Å². The summed E-state index contributed by atoms with van der Waals surface area (Å²) in [5.74, 6) is -0.386. The van der Waals surface area contributed by atoms with Gasteiger partial charge in [0, 0.05) is 22.8 Å². The van der Waals surface area contributed by atoms with E-state index in [9.17, 15) is 14.9 Å². The fourth-order valence-corrected chi connectivity index (χ4v) is 3.76. The molecule has 4 aromatic rings. The van der Waals surface area contributed by atoms with Gasteiger partial charge in [0.2, 0.25) is 5.91 Å². The van der Waals surface area contributed by atoms with Crippen LogP contribution in [0.2, 0.25) is 5.02 Å². The van der Waals surface area contributed by atoms with Crippen LogP contribution in [-0.4, -0.2) is 20.2 Å². The molecule has 0 saturated carbocycles. The van der Waals surface area contributed by atoms with Gasteiger partial charge in [-0.05, 0) is 67.8 Å². The first-order chi connectivity index (χ1) is 15.2. The summed E-state index contributed by atoms with van der Waals surface area (Å²) in [5, 5.41) is 14.2. The lowest BCUT2D eigenvalue weighted by Crippen LogP contribution is -2.17. The maximum atomic E-state index is 12.9. The largest absolute Gasteiger partial charge is 0.320 e. The number of imidazole rings is 1. The Balaban J connectivity index is 1.74. The third-order valence-corrected chi connectivity index (χ3v) is 5.65. The molecule has 0 radical (unpaired) electrons. The van der Waals surface area contributed by atoms with E-state index >= 15 is 0 Å². The number of nitro groups is 1. The number of aryl methyl sites for hydroxylation is 3. The Labute approximate surface area is 189 Å². The average Bonchev–Trinajstić information content (AvgIpc) is 3.08. The van der Waals surface area contributed by atoms with Gasteiger partial charge < -0.3 is 9.72 Å². The number of nitrogens with zero attached hydrogens (tertiary/aromatic N) is 3. The monoisotopic (exact) mass is 448 g/mol. The summed E-state index contributed by atoms with van der Waals surface area (Å²) in [6, 6.07) is 14.1. The van der Waals surface area contributed by atoms with Crippen molar-refractivity contribution in [2.45, 2.75) is 27.2 Å². The third-order valence-electron chi connectivity index (χ3n) is 5.42. The van der Waals surface area contributed by atoms with E-state index in [-0.39, 0.29) is 28.7 Å². The van der Waals surface area contributed by atoms with Gasteiger partial charge >= 0.3 is 0 Å². The molecule has 0 saturated heterocycles. The van der Waals surface area contributed by atoms with Gasteiger partial charge in [-0.2, -0.15) is 0 Å². The van der Waals surface area contributed by atoms with Crippen molar-refractivity contribution in [1.29, 1.82) is 0 Å². The van der Waals surface area contributed by atoms with E-state index in [4.69, 9.17) is 16.6 Å². The summed E-state index contributed by atoms with van der Waals surface area (Å²) in [4.78, 5) is 28.5. The summed E-state index contributed by atoms with van der Waals surface area (Å²) in [7, 11) is 0. The van der Waals surface area contributed by atoms with Crippen LogP contribution < -0.4 is 5.32 Å². The molecule has 7 nitrogen and oxygen atoms in total. The van der Waals surface area contributed by atoms with Gasteiger partial charge in [-0.15, -0.1) is 0 Å². The first-order valence-electron chi connectivity index (χ1n) is 10.0. The molecule has 4 rings (SSSR count). The second-order valence-corrected chi connectivity index (χ2v) is 8.22. The second kappa shape index (κ2) is 8.43. The van der Waals surface area contributed by atoms with Crippen molar-refractivity contribution < 1.29 is 9.72 Å². The summed E-state index contributed by atoms with van der Waals surface area (Å²) in [5.41, 5.74) is 6.26. The lowest BCUT2D eigenvalue weighted by Gasteiger charge is -2.09. The molecule has 2 aromatic carbocycles. The quantitative estimate of drug-likeness (QED) is 0.314. The highest BCUT2D eigenvalue weighted by Gasteiger charge is 2.21. The van der Waals surface area contributed by atoms with E-state index in [2.05, 4.69) is 11.4 Å². The predicted molar refractivity (Wildman–Crippen MR) is 125 cm³/mol. The Kier molecular flexibility index (Phi) is 5.67. The summed E-state index contributed by atoms with van der Waals surface area (Å²) >= 11 is 5.87. The molecule has 0 aliphatic rings. The predicted octanol–water partition coefficient (Wildman–Crippen LogP) is 5.67. The molecule has 0 aliphatic heterocycles. The van der Waals surface area contributed by atoms with Crippen LogP contribution in [0.1, 0.15) is 22.4 Å². The number of rotatable bonds is 5. The van der Waals surface area contributed by atoms with E-state index in [1.807, 2.05) is 55.6 Å². The number of pyridine rings is 1. The van der Waals surface area contributed by atoms with E-state index < -0.39 is 4.92 Å². The van der Waals surface area contributed by atoms with Crippen molar-refractivity contribution in [3.63, 3.8) is 0 Å². The highest BCUT2D eigenvalue weighted by atomic mass is 35.5. The number of carbonyl (C=O) groups is 1. The van der Waals surface area contributed by atoms with Crippen molar-refractivity contribution in [3.05, 3.63) is 92.2 Å². The first-order valence-corrected chi connectivity index (χ1v) is 10.4. The number of nitro benzene ring substituents is 1. The number of anilines is 1. The van der Waals surface area contributed by atoms with E-state index in [1.54, 1.807) is 0 Å². The van der Waals surface area contributed by atoms with Crippen LogP contribution in [0.3, 0.4) is 0 Å². The van der Waals surface area contributed by atoms with Crippen molar-refractivity contribution in [2.75, 3.05) is 5.32 Å². The van der Waals surface area contributed by atoms with Crippen LogP contribution in [0, 0.1) is 30.9 Å². The Morgan fingerprint density at radius 3 is 2.59 bits per heavy atom. The van der Waals surface area contributed by atoms with Crippen molar-refractivity contribution >= 4 is 34.5 Å². The molecule has 0 aliphatic carbocycles. The molecule has 1 N–H and O–H groups in total. The van der Waals surface area contributed by atoms with Gasteiger partial charge in [0.1, 0.15) is 11.3 Å². The van der Waals surface area contributed by atoms with Crippen LogP contribution in [-0.2, 0) is 11.2 Å². The van der Waals surface area contributed by atoms with Crippen LogP contribution in [0.15, 0.2) is 54.7 Å². The minimum Gasteiger partial charge on any atom is -0.320 e. The Bertz CT molecular complexity index is 1380. The lowest BCUT2D eigenvalue weighted by molar-refractivity contribution is -0.383. The number of halogens is 1. The zero-order valence-corrected chi connectivity index (χ0v) is 18.6. The number of hydrogen-bond acceptors (Lipinski definition) is 4. The van der Waals surface area contributed by atoms with E-state index in [1.165, 1.54) is 23.8 Å². The molecular weight excluding hydrogens is 428 g/mol. The molecule has 162 valence electrons. The topological polar surface area (TPSA) is 89.5 Å². The number of hydrogen-bond donors (Lipinski definition) is 1. The lowest BCUT2D eigenvalue weighted by atomic mass is 10.0. The molecule has 0 unspecified atom stereocenters. The summed E-state index contributed by atoms with van der Waals surface area (Å²) in [6.07, 6.45) is 1.88. The van der Waals surface area contributed by atoms with E-state index in [0.717, 1.165) is 22.3 Å². The zero-order valence-electron chi connectivity index (χ0n) is 17.8. The molecule has 32 heavy (non-hydrogen) atoms. The van der Waals surface area contributed by atoms with Crippen molar-refractivity contribution in [1.82, 2.24) is 9.38 Å². The molecular formula is C24H21ClN4O3. The van der Waals surface area contributed by atoms with Gasteiger partial charge in [0.15, 0.2) is 0 Å². The van der Waals surface area contributed by atoms with Crippen LogP contribution in [0.25, 0.3) is 16.9 Å². The molecule has 0 bridgehead atoms. The minimum atomic E-state index is -0.570. The number of amides is 1. The first kappa shape index (κ1) is 21.5. The molecule has 2 heterocycles. The van der Waals surface area contributed by atoms with Crippen LogP contribution >= 0.6 is 11.6 Å². The standard InChI is InChI=1S/C24H21ClN4O3/c1-14-8-9-28-21(13-23(30)26-19-7-6-18(25)12-20(19)29(31)32)24(27-22(28)10-14)17-5-4-15(2)16(3)11-17/h4-12H,13H2,1-3H3,(H,26,30). The number of carbonyl (C=O) groups excluding carboxylic acids is 1. The smallest absolute Gasteiger partial charge is 0.294 e. The Hall–Kier alpha value is -3.71. The van der Waals surface area contributed by atoms with Gasteiger partial charge in [0.25, 0.3) is 5.69 Å². The van der Waals surface area contributed by atoms with Crippen LogP contribution in [0.5, 0.6) is 0 Å². The molecule has 0 spiro atoms. The number of fused-ring (bicyclic) bond motifs is 1. The van der Waals surface area contributed by atoms with Gasteiger partial charge in [-0.25, -0.2) is 4.98 Å². The zero-order chi connectivity index (χ0) is 23.0. The number of benzene rings is 2. The molecule has 8 heteroatoms. The average molecular weight is 449 g/mol. The molecule has 0 atom stereocenters. The normalized spacial score (nSPS) is 11.0. The van der Waals surface area contributed by atoms with Crippen molar-refractivity contribution in [3.8, 4) is 11.3 Å². The second-order valence-electron chi connectivity index (χ2n) is 7.78. The van der Waals surface area contributed by atoms with Crippen molar-refractivity contribution in [2.24, 2.45) is 0 Å². The maximum absolute atomic E-state index is 12.9. The minimum absolute atomic E-state index is 0.00767. The Morgan fingerprint density at radius 2 is 1.88 bits per heavy atom. The SMILES string of the molecule is Cc1ccn2c(CC(=O)Nc3ccc(Cl)cc3[N+](=O)[O-])c(-c3ccc(C)c(C)c3)nc2c1. The highest BCUT2D eigenvalue weighted by molar-refractivity contribution is 6.31. The molecule has 2 aromatic heterocycles. The van der Waals surface area contributed by atoms with Crippen LogP contribution in [0.4, 0.5) is 11.4 Å². The maximum Gasteiger partial charge on any atom is 0.294 e. The highest BCUT2D eigenvalue weighted by Crippen LogP contribution is 2.30. The fourth-order valence-electron chi connectivity index (χ4n) is 3.59. The number of aromatic nitrogens is 2. The third kappa shape index (κ3) is 4.20. The van der Waals surface area contributed by atoms with Gasteiger partial charge in [-0.3, -0.25) is 14.9 Å². The summed E-state index contributed by atoms with van der Waals surface area (Å²) in [6.45, 7) is 6.06. The molecule has 0 fully saturated rings. The fraction of sp³-hybridized carbons (Fsp3) is 0.167. The van der Waals surface area contributed by atoms with E-state index in [0.29, 0.717) is 11.4 Å². The number of nitrogens with one attached hydrogen (secondary N) is 1. The summed E-state index contributed by atoms with van der Waals surface area (Å²) < 4.78 is 1.88.